The van der Waals surface area contributed by atoms with Gasteiger partial charge in [-0.25, -0.2) is 8.42 Å². The molecule has 0 aliphatic carbocycles. The highest BCUT2D eigenvalue weighted by Gasteiger charge is 2.17. The highest BCUT2D eigenvalue weighted by molar-refractivity contribution is 7.90. The third-order valence-corrected chi connectivity index (χ3v) is 3.82. The number of nitrogens with one attached hydrogen (secondary N) is 1. The average molecular weight is 278 g/mol. The van der Waals surface area contributed by atoms with Gasteiger partial charge < -0.3 is 10.2 Å². The standard InChI is InChI=1S/C8H14N4O3S2/c1-9-8-11-10-6(16-8)7(13)12(2)4-5-17(3,14)15/h4-5H2,1-3H3,(H,9,11). The molecule has 1 heterocycles. The molecule has 17 heavy (non-hydrogen) atoms. The van der Waals surface area contributed by atoms with Gasteiger partial charge in [0.2, 0.25) is 10.1 Å². The van der Waals surface area contributed by atoms with Crippen LogP contribution in [0.25, 0.3) is 0 Å². The zero-order valence-electron chi connectivity index (χ0n) is 9.80. The van der Waals surface area contributed by atoms with Crippen molar-refractivity contribution in [1.29, 1.82) is 0 Å². The summed E-state index contributed by atoms with van der Waals surface area (Å²) in [6.07, 6.45) is 1.13. The smallest absolute Gasteiger partial charge is 0.284 e. The summed E-state index contributed by atoms with van der Waals surface area (Å²) >= 11 is 1.13. The maximum atomic E-state index is 11.8. The molecule has 0 radical (unpaired) electrons. The Labute approximate surface area is 104 Å². The second kappa shape index (κ2) is 5.41. The Morgan fingerprint density at radius 1 is 1.47 bits per heavy atom. The van der Waals surface area contributed by atoms with Crippen molar-refractivity contribution in [2.24, 2.45) is 0 Å². The van der Waals surface area contributed by atoms with Crippen LogP contribution in [0.3, 0.4) is 0 Å². The first-order chi connectivity index (χ1) is 7.83. The van der Waals surface area contributed by atoms with Gasteiger partial charge in [0.05, 0.1) is 5.75 Å². The molecule has 0 aliphatic heterocycles. The second-order valence-corrected chi connectivity index (χ2v) is 6.76. The van der Waals surface area contributed by atoms with Crippen molar-refractivity contribution < 1.29 is 13.2 Å². The molecule has 9 heteroatoms. The van der Waals surface area contributed by atoms with E-state index in [0.717, 1.165) is 17.6 Å². The number of aromatic nitrogens is 2. The third kappa shape index (κ3) is 4.27. The molecule has 0 aromatic carbocycles. The van der Waals surface area contributed by atoms with Crippen molar-refractivity contribution in [3.05, 3.63) is 5.01 Å². The predicted octanol–water partition coefficient (Wildman–Crippen LogP) is -0.304. The fourth-order valence-electron chi connectivity index (χ4n) is 0.978. The Bertz CT molecular complexity index is 497. The molecular weight excluding hydrogens is 264 g/mol. The minimum absolute atomic E-state index is 0.0626. The van der Waals surface area contributed by atoms with Crippen LogP contribution in [0.2, 0.25) is 0 Å². The van der Waals surface area contributed by atoms with E-state index in [9.17, 15) is 13.2 Å². The monoisotopic (exact) mass is 278 g/mol. The molecule has 7 nitrogen and oxygen atoms in total. The van der Waals surface area contributed by atoms with E-state index < -0.39 is 9.84 Å². The fraction of sp³-hybridized carbons (Fsp3) is 0.625. The lowest BCUT2D eigenvalue weighted by Gasteiger charge is -2.14. The Morgan fingerprint density at radius 3 is 2.59 bits per heavy atom. The molecule has 1 aromatic heterocycles. The predicted molar refractivity (Wildman–Crippen MR) is 66.1 cm³/mol. The normalized spacial score (nSPS) is 11.2. The summed E-state index contributed by atoms with van der Waals surface area (Å²) in [7, 11) is 0.145. The third-order valence-electron chi connectivity index (χ3n) is 1.97. The van der Waals surface area contributed by atoms with Gasteiger partial charge in [-0.3, -0.25) is 4.79 Å². The molecule has 1 aromatic rings. The minimum Gasteiger partial charge on any atom is -0.363 e. The quantitative estimate of drug-likeness (QED) is 0.794. The lowest BCUT2D eigenvalue weighted by molar-refractivity contribution is 0.0802. The van der Waals surface area contributed by atoms with Crippen LogP contribution in [0.1, 0.15) is 9.80 Å². The van der Waals surface area contributed by atoms with E-state index in [2.05, 4.69) is 15.5 Å². The van der Waals surface area contributed by atoms with E-state index >= 15 is 0 Å². The molecule has 0 bridgehead atoms. The number of nitrogens with zero attached hydrogens (tertiary/aromatic N) is 3. The molecule has 1 rings (SSSR count). The highest BCUT2D eigenvalue weighted by Crippen LogP contribution is 2.15. The molecule has 96 valence electrons. The molecule has 0 atom stereocenters. The molecule has 1 amide bonds. The summed E-state index contributed by atoms with van der Waals surface area (Å²) < 4.78 is 21.9. The van der Waals surface area contributed by atoms with Gasteiger partial charge in [-0.05, 0) is 0 Å². The summed E-state index contributed by atoms with van der Waals surface area (Å²) in [6, 6.07) is 0. The fourth-order valence-corrected chi connectivity index (χ4v) is 2.28. The van der Waals surface area contributed by atoms with E-state index in [1.807, 2.05) is 0 Å². The molecule has 0 fully saturated rings. The largest absolute Gasteiger partial charge is 0.363 e. The topological polar surface area (TPSA) is 92.3 Å². The van der Waals surface area contributed by atoms with Crippen molar-refractivity contribution in [2.75, 3.05) is 38.0 Å². The SMILES string of the molecule is CNc1nnc(C(=O)N(C)CCS(C)(=O)=O)s1. The molecule has 0 spiro atoms. The molecule has 0 saturated carbocycles. The van der Waals surface area contributed by atoms with Crippen LogP contribution in [0.15, 0.2) is 0 Å². The summed E-state index contributed by atoms with van der Waals surface area (Å²) in [5.41, 5.74) is 0. The van der Waals surface area contributed by atoms with Gasteiger partial charge in [0.15, 0.2) is 0 Å². The van der Waals surface area contributed by atoms with Crippen LogP contribution < -0.4 is 5.32 Å². The van der Waals surface area contributed by atoms with E-state index in [1.165, 1.54) is 11.9 Å². The van der Waals surface area contributed by atoms with Gasteiger partial charge in [-0.15, -0.1) is 10.2 Å². The number of hydrogen-bond acceptors (Lipinski definition) is 7. The summed E-state index contributed by atoms with van der Waals surface area (Å²) in [4.78, 5) is 13.1. The molecule has 0 saturated heterocycles. The van der Waals surface area contributed by atoms with E-state index in [1.54, 1.807) is 7.05 Å². The van der Waals surface area contributed by atoms with Crippen molar-refractivity contribution in [3.63, 3.8) is 0 Å². The van der Waals surface area contributed by atoms with Gasteiger partial charge in [0.1, 0.15) is 9.84 Å². The summed E-state index contributed by atoms with van der Waals surface area (Å²) in [5.74, 6) is -0.389. The lowest BCUT2D eigenvalue weighted by atomic mass is 10.5. The van der Waals surface area contributed by atoms with Gasteiger partial charge in [0, 0.05) is 26.9 Å². The van der Waals surface area contributed by atoms with Crippen LogP contribution in [0.5, 0.6) is 0 Å². The number of carbonyl (C=O) groups is 1. The Morgan fingerprint density at radius 2 is 2.12 bits per heavy atom. The van der Waals surface area contributed by atoms with E-state index in [0.29, 0.717) is 5.13 Å². The molecule has 0 aliphatic rings. The number of carbonyl (C=O) groups excluding carboxylic acids is 1. The molecular formula is C8H14N4O3S2. The number of hydrogen-bond donors (Lipinski definition) is 1. The maximum absolute atomic E-state index is 11.8. The zero-order chi connectivity index (χ0) is 13.1. The van der Waals surface area contributed by atoms with Crippen molar-refractivity contribution in [2.45, 2.75) is 0 Å². The van der Waals surface area contributed by atoms with Crippen LogP contribution in [-0.2, 0) is 9.84 Å². The Balaban J connectivity index is 2.63. The van der Waals surface area contributed by atoms with E-state index in [-0.39, 0.29) is 23.2 Å². The Kier molecular flexibility index (Phi) is 4.40. The summed E-state index contributed by atoms with van der Waals surface area (Å²) in [5, 5.41) is 11.0. The first-order valence-electron chi connectivity index (χ1n) is 4.78. The first-order valence-corrected chi connectivity index (χ1v) is 7.65. The second-order valence-electron chi connectivity index (χ2n) is 3.52. The van der Waals surface area contributed by atoms with Crippen molar-refractivity contribution in [1.82, 2.24) is 15.1 Å². The number of amides is 1. The van der Waals surface area contributed by atoms with Crippen LogP contribution in [0, 0.1) is 0 Å². The number of rotatable bonds is 5. The number of sulfone groups is 1. The molecule has 0 unspecified atom stereocenters. The lowest BCUT2D eigenvalue weighted by Crippen LogP contribution is -2.31. The van der Waals surface area contributed by atoms with Crippen LogP contribution in [0.4, 0.5) is 5.13 Å². The van der Waals surface area contributed by atoms with Crippen LogP contribution >= 0.6 is 11.3 Å². The highest BCUT2D eigenvalue weighted by atomic mass is 32.2. The zero-order valence-corrected chi connectivity index (χ0v) is 11.4. The van der Waals surface area contributed by atoms with Gasteiger partial charge in [-0.1, -0.05) is 11.3 Å². The Hall–Kier alpha value is -1.22. The van der Waals surface area contributed by atoms with Gasteiger partial charge >= 0.3 is 0 Å². The number of anilines is 1. The van der Waals surface area contributed by atoms with Crippen molar-refractivity contribution >= 4 is 32.2 Å². The molecule has 1 N–H and O–H groups in total. The van der Waals surface area contributed by atoms with Crippen LogP contribution in [-0.4, -0.2) is 62.1 Å². The van der Waals surface area contributed by atoms with E-state index in [4.69, 9.17) is 0 Å². The minimum atomic E-state index is -3.07. The van der Waals surface area contributed by atoms with Gasteiger partial charge in [-0.2, -0.15) is 0 Å². The first kappa shape index (κ1) is 13.8. The average Bonchev–Trinajstić information content (AvgIpc) is 2.72. The summed E-state index contributed by atoms with van der Waals surface area (Å²) in [6.45, 7) is 0.145. The van der Waals surface area contributed by atoms with Crippen molar-refractivity contribution in [3.8, 4) is 0 Å². The maximum Gasteiger partial charge on any atom is 0.284 e. The van der Waals surface area contributed by atoms with Gasteiger partial charge in [0.25, 0.3) is 5.91 Å².